The molecule has 1 aromatic heterocycles. The third kappa shape index (κ3) is 5.21. The topological polar surface area (TPSA) is 30.5 Å². The van der Waals surface area contributed by atoms with Gasteiger partial charge >= 0.3 is 0 Å². The molecule has 0 unspecified atom stereocenters. The molecule has 0 aliphatic heterocycles. The number of methoxy groups -OCH3 is 1. The first-order chi connectivity index (χ1) is 12.3. The first-order valence-corrected chi connectivity index (χ1v) is 8.91. The molecule has 0 amide bonds. The predicted molar refractivity (Wildman–Crippen MR) is 98.6 cm³/mol. The van der Waals surface area contributed by atoms with E-state index < -0.39 is 0 Å². The van der Waals surface area contributed by atoms with Gasteiger partial charge in [0.05, 0.1) is 7.11 Å². The summed E-state index contributed by atoms with van der Waals surface area (Å²) < 4.78 is 25.1. The zero-order chi connectivity index (χ0) is 17.5. The van der Waals surface area contributed by atoms with Crippen LogP contribution in [0.3, 0.4) is 0 Å². The Hall–Kier alpha value is -2.08. The lowest BCUT2D eigenvalue weighted by Gasteiger charge is -2.16. The minimum absolute atomic E-state index is 0. The van der Waals surface area contributed by atoms with E-state index in [-0.39, 0.29) is 24.8 Å². The maximum atomic E-state index is 13.8. The zero-order valence-corrected chi connectivity index (χ0v) is 15.9. The van der Waals surface area contributed by atoms with Gasteiger partial charge in [0.2, 0.25) is 0 Å². The zero-order valence-electron chi connectivity index (χ0n) is 14.4. The molecule has 0 bridgehead atoms. The molecule has 0 saturated heterocycles. The van der Waals surface area contributed by atoms with Gasteiger partial charge < -0.3 is 27.2 Å². The van der Waals surface area contributed by atoms with E-state index in [9.17, 15) is 4.39 Å². The summed E-state index contributed by atoms with van der Waals surface area (Å²) in [6.07, 6.45) is 0. The van der Waals surface area contributed by atoms with Crippen molar-refractivity contribution in [2.24, 2.45) is 0 Å². The standard InChI is InChI=1S/C20H20FNO2S.ClH/c1-23-19-10-4-7-15(12-22-13-17-8-5-11-25-17)20(19)24-14-16-6-2-3-9-18(16)21;/h2-11,22H,12-14H2,1H3;1H/p-1. The summed E-state index contributed by atoms with van der Waals surface area (Å²) in [5.41, 5.74) is 1.50. The van der Waals surface area contributed by atoms with Gasteiger partial charge in [-0.15, -0.1) is 11.3 Å². The van der Waals surface area contributed by atoms with Crippen molar-refractivity contribution in [3.05, 3.63) is 81.8 Å². The van der Waals surface area contributed by atoms with Crippen LogP contribution in [0.5, 0.6) is 11.5 Å². The summed E-state index contributed by atoms with van der Waals surface area (Å²) in [6, 6.07) is 16.5. The van der Waals surface area contributed by atoms with Crippen molar-refractivity contribution in [1.82, 2.24) is 5.32 Å². The summed E-state index contributed by atoms with van der Waals surface area (Å²) in [5.74, 6) is 1.02. The highest BCUT2D eigenvalue weighted by atomic mass is 35.5. The molecule has 0 saturated carbocycles. The monoisotopic (exact) mass is 392 g/mol. The van der Waals surface area contributed by atoms with Crippen LogP contribution in [0.15, 0.2) is 60.0 Å². The number of para-hydroxylation sites is 1. The Balaban J connectivity index is 0.00000243. The van der Waals surface area contributed by atoms with E-state index in [0.717, 1.165) is 12.1 Å². The molecule has 0 aliphatic carbocycles. The Labute approximate surface area is 163 Å². The largest absolute Gasteiger partial charge is 1.00 e. The van der Waals surface area contributed by atoms with Crippen LogP contribution in [0.1, 0.15) is 16.0 Å². The molecule has 0 spiro atoms. The molecule has 6 heteroatoms. The Morgan fingerprint density at radius 3 is 2.50 bits per heavy atom. The van der Waals surface area contributed by atoms with Gasteiger partial charge in [-0.05, 0) is 23.6 Å². The number of nitrogens with one attached hydrogen (secondary N) is 1. The number of hydrogen-bond acceptors (Lipinski definition) is 4. The van der Waals surface area contributed by atoms with E-state index in [4.69, 9.17) is 9.47 Å². The number of ether oxygens (including phenoxy) is 2. The highest BCUT2D eigenvalue weighted by Crippen LogP contribution is 2.32. The summed E-state index contributed by atoms with van der Waals surface area (Å²) >= 11 is 1.72. The average molecular weight is 393 g/mol. The van der Waals surface area contributed by atoms with Gasteiger partial charge in [-0.1, -0.05) is 36.4 Å². The van der Waals surface area contributed by atoms with E-state index in [0.29, 0.717) is 23.6 Å². The smallest absolute Gasteiger partial charge is 0.166 e. The van der Waals surface area contributed by atoms with Crippen LogP contribution in [0.2, 0.25) is 0 Å². The van der Waals surface area contributed by atoms with E-state index in [1.807, 2.05) is 24.3 Å². The molecule has 138 valence electrons. The van der Waals surface area contributed by atoms with E-state index >= 15 is 0 Å². The number of benzene rings is 2. The second-order valence-electron chi connectivity index (χ2n) is 5.51. The Morgan fingerprint density at radius 1 is 0.962 bits per heavy atom. The van der Waals surface area contributed by atoms with Crippen LogP contribution in [0.25, 0.3) is 0 Å². The summed E-state index contributed by atoms with van der Waals surface area (Å²) in [5, 5.41) is 5.47. The highest BCUT2D eigenvalue weighted by molar-refractivity contribution is 7.09. The molecule has 1 heterocycles. The normalized spacial score (nSPS) is 10.2. The molecule has 0 fully saturated rings. The second kappa shape index (κ2) is 10.2. The molecular weight excluding hydrogens is 373 g/mol. The van der Waals surface area contributed by atoms with E-state index in [1.54, 1.807) is 36.6 Å². The van der Waals surface area contributed by atoms with Crippen molar-refractivity contribution < 1.29 is 26.3 Å². The van der Waals surface area contributed by atoms with Gasteiger partial charge in [0, 0.05) is 29.1 Å². The maximum absolute atomic E-state index is 13.8. The van der Waals surface area contributed by atoms with Crippen molar-refractivity contribution in [1.29, 1.82) is 0 Å². The van der Waals surface area contributed by atoms with Gasteiger partial charge in [-0.2, -0.15) is 0 Å². The van der Waals surface area contributed by atoms with E-state index in [1.165, 1.54) is 10.9 Å². The Morgan fingerprint density at radius 2 is 1.77 bits per heavy atom. The lowest BCUT2D eigenvalue weighted by atomic mass is 10.1. The minimum atomic E-state index is -0.269. The first-order valence-electron chi connectivity index (χ1n) is 8.03. The van der Waals surface area contributed by atoms with Crippen molar-refractivity contribution >= 4 is 11.3 Å². The van der Waals surface area contributed by atoms with Crippen LogP contribution < -0.4 is 27.2 Å². The van der Waals surface area contributed by atoms with Crippen LogP contribution in [-0.4, -0.2) is 7.11 Å². The minimum Gasteiger partial charge on any atom is -1.00 e. The fraction of sp³-hybridized carbons (Fsp3) is 0.200. The number of hydrogen-bond donors (Lipinski definition) is 1. The third-order valence-corrected chi connectivity index (χ3v) is 4.68. The number of thiophene rings is 1. The summed E-state index contributed by atoms with van der Waals surface area (Å²) in [7, 11) is 1.61. The van der Waals surface area contributed by atoms with Gasteiger partial charge in [-0.25, -0.2) is 4.39 Å². The van der Waals surface area contributed by atoms with Crippen LogP contribution in [-0.2, 0) is 19.7 Å². The van der Waals surface area contributed by atoms with Crippen LogP contribution in [0.4, 0.5) is 4.39 Å². The molecule has 0 radical (unpaired) electrons. The van der Waals surface area contributed by atoms with Crippen LogP contribution >= 0.6 is 11.3 Å². The highest BCUT2D eigenvalue weighted by Gasteiger charge is 2.12. The van der Waals surface area contributed by atoms with Crippen LogP contribution in [0, 0.1) is 5.82 Å². The number of halogens is 2. The Kier molecular flexibility index (Phi) is 7.91. The molecule has 1 N–H and O–H groups in total. The Bertz CT molecular complexity index is 811. The lowest BCUT2D eigenvalue weighted by molar-refractivity contribution is -0.00000614. The molecular formula is C20H20ClFNO2S-. The molecule has 3 aromatic rings. The predicted octanol–water partition coefficient (Wildman–Crippen LogP) is 1.77. The fourth-order valence-electron chi connectivity index (χ4n) is 2.52. The maximum Gasteiger partial charge on any atom is 0.166 e. The van der Waals surface area contributed by atoms with Crippen molar-refractivity contribution in [3.8, 4) is 11.5 Å². The summed E-state index contributed by atoms with van der Waals surface area (Å²) in [4.78, 5) is 1.27. The fourth-order valence-corrected chi connectivity index (χ4v) is 3.20. The molecule has 2 aromatic carbocycles. The SMILES string of the molecule is COc1cccc(CNCc2cccs2)c1OCc1ccccc1F.[Cl-]. The van der Waals surface area contributed by atoms with Gasteiger partial charge in [0.15, 0.2) is 11.5 Å². The van der Waals surface area contributed by atoms with Crippen molar-refractivity contribution in [2.75, 3.05) is 7.11 Å². The third-order valence-electron chi connectivity index (χ3n) is 3.80. The van der Waals surface area contributed by atoms with Gasteiger partial charge in [-0.3, -0.25) is 0 Å². The number of rotatable bonds is 8. The quantitative estimate of drug-likeness (QED) is 0.633. The van der Waals surface area contributed by atoms with Gasteiger partial charge in [0.25, 0.3) is 0 Å². The molecule has 3 rings (SSSR count). The molecule has 0 atom stereocenters. The van der Waals surface area contributed by atoms with E-state index in [2.05, 4.69) is 16.8 Å². The average Bonchev–Trinajstić information content (AvgIpc) is 3.15. The van der Waals surface area contributed by atoms with Crippen molar-refractivity contribution in [3.63, 3.8) is 0 Å². The lowest BCUT2D eigenvalue weighted by Crippen LogP contribution is -3.00. The summed E-state index contributed by atoms with van der Waals surface area (Å²) in [6.45, 7) is 1.59. The molecule has 0 aliphatic rings. The molecule has 3 nitrogen and oxygen atoms in total. The first kappa shape index (κ1) is 20.2. The van der Waals surface area contributed by atoms with Gasteiger partial charge in [0.1, 0.15) is 12.4 Å². The second-order valence-corrected chi connectivity index (χ2v) is 6.54. The molecule has 26 heavy (non-hydrogen) atoms. The van der Waals surface area contributed by atoms with Crippen molar-refractivity contribution in [2.45, 2.75) is 19.7 Å².